The second-order valence-electron chi connectivity index (χ2n) is 6.81. The zero-order valence-corrected chi connectivity index (χ0v) is 15.3. The molecule has 134 valence electrons. The first-order valence-corrected chi connectivity index (χ1v) is 9.46. The van der Waals surface area contributed by atoms with Crippen molar-refractivity contribution in [2.75, 3.05) is 45.9 Å². The summed E-state index contributed by atoms with van der Waals surface area (Å²) in [6.45, 7) is 9.32. The van der Waals surface area contributed by atoms with E-state index in [2.05, 4.69) is 71.7 Å². The van der Waals surface area contributed by atoms with Crippen LogP contribution in [0.25, 0.3) is 0 Å². The van der Waals surface area contributed by atoms with Crippen molar-refractivity contribution in [2.24, 2.45) is 0 Å². The fourth-order valence-corrected chi connectivity index (χ4v) is 3.60. The first-order chi connectivity index (χ1) is 12.3. The SMILES string of the molecule is Cc1ccccc1C(CCNCCN1CCOCC1)c1ccccc1. The van der Waals surface area contributed by atoms with Gasteiger partial charge in [0, 0.05) is 32.1 Å². The van der Waals surface area contributed by atoms with E-state index in [1.165, 1.54) is 16.7 Å². The summed E-state index contributed by atoms with van der Waals surface area (Å²) in [6.07, 6.45) is 1.12. The molecule has 0 amide bonds. The van der Waals surface area contributed by atoms with Crippen molar-refractivity contribution in [3.05, 3.63) is 71.3 Å². The van der Waals surface area contributed by atoms with Crippen LogP contribution in [-0.2, 0) is 4.74 Å². The summed E-state index contributed by atoms with van der Waals surface area (Å²) in [5.41, 5.74) is 4.24. The Hall–Kier alpha value is -1.68. The van der Waals surface area contributed by atoms with Crippen molar-refractivity contribution < 1.29 is 4.74 Å². The molecule has 0 aromatic heterocycles. The highest BCUT2D eigenvalue weighted by Gasteiger charge is 2.15. The average Bonchev–Trinajstić information content (AvgIpc) is 2.67. The van der Waals surface area contributed by atoms with Crippen LogP contribution >= 0.6 is 0 Å². The van der Waals surface area contributed by atoms with Crippen molar-refractivity contribution in [3.63, 3.8) is 0 Å². The standard InChI is InChI=1S/C22H30N2O/c1-19-7-5-6-10-21(19)22(20-8-3-2-4-9-20)11-12-23-13-14-24-15-17-25-18-16-24/h2-10,22-23H,11-18H2,1H3. The van der Waals surface area contributed by atoms with E-state index in [0.717, 1.165) is 52.4 Å². The first kappa shape index (κ1) is 18.1. The summed E-state index contributed by atoms with van der Waals surface area (Å²) in [6, 6.07) is 19.7. The quantitative estimate of drug-likeness (QED) is 0.746. The van der Waals surface area contributed by atoms with Gasteiger partial charge in [0.05, 0.1) is 13.2 Å². The summed E-state index contributed by atoms with van der Waals surface area (Å²) in [5.74, 6) is 0.457. The van der Waals surface area contributed by atoms with Gasteiger partial charge in [-0.3, -0.25) is 4.90 Å². The predicted octanol–water partition coefficient (Wildman–Crippen LogP) is 3.44. The maximum Gasteiger partial charge on any atom is 0.0594 e. The van der Waals surface area contributed by atoms with Crippen LogP contribution in [0.2, 0.25) is 0 Å². The molecule has 1 N–H and O–H groups in total. The van der Waals surface area contributed by atoms with Gasteiger partial charge in [-0.1, -0.05) is 54.6 Å². The molecule has 0 aliphatic carbocycles. The molecular weight excluding hydrogens is 308 g/mol. The van der Waals surface area contributed by atoms with Crippen LogP contribution in [0, 0.1) is 6.92 Å². The third-order valence-electron chi connectivity index (χ3n) is 5.08. The van der Waals surface area contributed by atoms with Crippen molar-refractivity contribution in [2.45, 2.75) is 19.3 Å². The number of ether oxygens (including phenoxy) is 1. The highest BCUT2D eigenvalue weighted by atomic mass is 16.5. The zero-order valence-electron chi connectivity index (χ0n) is 15.3. The molecule has 2 aromatic carbocycles. The number of nitrogens with one attached hydrogen (secondary N) is 1. The highest BCUT2D eigenvalue weighted by Crippen LogP contribution is 2.29. The Morgan fingerprint density at radius 2 is 1.68 bits per heavy atom. The van der Waals surface area contributed by atoms with Gasteiger partial charge in [-0.25, -0.2) is 0 Å². The van der Waals surface area contributed by atoms with E-state index in [-0.39, 0.29) is 0 Å². The van der Waals surface area contributed by atoms with Gasteiger partial charge in [-0.15, -0.1) is 0 Å². The third kappa shape index (κ3) is 5.40. The zero-order chi connectivity index (χ0) is 17.3. The lowest BCUT2D eigenvalue weighted by molar-refractivity contribution is 0.0384. The van der Waals surface area contributed by atoms with Crippen LogP contribution < -0.4 is 5.32 Å². The molecule has 1 unspecified atom stereocenters. The van der Waals surface area contributed by atoms with Gasteiger partial charge < -0.3 is 10.1 Å². The van der Waals surface area contributed by atoms with Gasteiger partial charge >= 0.3 is 0 Å². The van der Waals surface area contributed by atoms with Crippen molar-refractivity contribution in [3.8, 4) is 0 Å². The molecule has 1 saturated heterocycles. The molecule has 1 fully saturated rings. The van der Waals surface area contributed by atoms with Gasteiger partial charge in [0.15, 0.2) is 0 Å². The predicted molar refractivity (Wildman–Crippen MR) is 104 cm³/mol. The molecule has 3 heteroatoms. The van der Waals surface area contributed by atoms with Crippen LogP contribution in [0.4, 0.5) is 0 Å². The molecule has 1 aliphatic heterocycles. The fraction of sp³-hybridized carbons (Fsp3) is 0.455. The fourth-order valence-electron chi connectivity index (χ4n) is 3.60. The third-order valence-corrected chi connectivity index (χ3v) is 5.08. The van der Waals surface area contributed by atoms with Crippen LogP contribution in [-0.4, -0.2) is 50.8 Å². The topological polar surface area (TPSA) is 24.5 Å². The van der Waals surface area contributed by atoms with E-state index in [0.29, 0.717) is 5.92 Å². The van der Waals surface area contributed by atoms with Crippen LogP contribution in [0.1, 0.15) is 29.0 Å². The first-order valence-electron chi connectivity index (χ1n) is 9.46. The molecule has 3 rings (SSSR count). The molecule has 2 aromatic rings. The molecule has 0 bridgehead atoms. The lowest BCUT2D eigenvalue weighted by Crippen LogP contribution is -2.40. The minimum Gasteiger partial charge on any atom is -0.379 e. The summed E-state index contributed by atoms with van der Waals surface area (Å²) in [4.78, 5) is 2.48. The van der Waals surface area contributed by atoms with E-state index in [1.807, 2.05) is 0 Å². The Morgan fingerprint density at radius 1 is 0.960 bits per heavy atom. The van der Waals surface area contributed by atoms with Gasteiger partial charge in [-0.05, 0) is 36.6 Å². The summed E-state index contributed by atoms with van der Waals surface area (Å²) in [5, 5.41) is 3.64. The summed E-state index contributed by atoms with van der Waals surface area (Å²) < 4.78 is 5.41. The number of aryl methyl sites for hydroxylation is 1. The molecule has 1 atom stereocenters. The van der Waals surface area contributed by atoms with Gasteiger partial charge in [0.1, 0.15) is 0 Å². The average molecular weight is 338 g/mol. The van der Waals surface area contributed by atoms with Gasteiger partial charge in [0.25, 0.3) is 0 Å². The number of hydrogen-bond acceptors (Lipinski definition) is 3. The molecule has 0 saturated carbocycles. The van der Waals surface area contributed by atoms with E-state index in [9.17, 15) is 0 Å². The molecule has 0 spiro atoms. The van der Waals surface area contributed by atoms with Crippen LogP contribution in [0.3, 0.4) is 0 Å². The minimum absolute atomic E-state index is 0.457. The normalized spacial score (nSPS) is 16.7. The smallest absolute Gasteiger partial charge is 0.0594 e. The summed E-state index contributed by atoms with van der Waals surface area (Å²) >= 11 is 0. The van der Waals surface area contributed by atoms with E-state index in [1.54, 1.807) is 0 Å². The second kappa shape index (κ2) is 9.71. The van der Waals surface area contributed by atoms with Crippen molar-refractivity contribution in [1.82, 2.24) is 10.2 Å². The maximum atomic E-state index is 5.41. The number of hydrogen-bond donors (Lipinski definition) is 1. The Labute approximate surface area is 152 Å². The van der Waals surface area contributed by atoms with E-state index in [4.69, 9.17) is 4.74 Å². The largest absolute Gasteiger partial charge is 0.379 e. The van der Waals surface area contributed by atoms with Crippen LogP contribution in [0.5, 0.6) is 0 Å². The van der Waals surface area contributed by atoms with E-state index >= 15 is 0 Å². The lowest BCUT2D eigenvalue weighted by atomic mass is 9.86. The Morgan fingerprint density at radius 3 is 2.44 bits per heavy atom. The van der Waals surface area contributed by atoms with Crippen LogP contribution in [0.15, 0.2) is 54.6 Å². The molecule has 25 heavy (non-hydrogen) atoms. The van der Waals surface area contributed by atoms with Crippen molar-refractivity contribution in [1.29, 1.82) is 0 Å². The number of rotatable bonds is 8. The highest BCUT2D eigenvalue weighted by molar-refractivity contribution is 5.37. The molecule has 1 heterocycles. The van der Waals surface area contributed by atoms with Gasteiger partial charge in [-0.2, -0.15) is 0 Å². The number of morpholine rings is 1. The lowest BCUT2D eigenvalue weighted by Gasteiger charge is -2.26. The number of nitrogens with zero attached hydrogens (tertiary/aromatic N) is 1. The Kier molecular flexibility index (Phi) is 7.04. The molecule has 1 aliphatic rings. The Balaban J connectivity index is 1.54. The second-order valence-corrected chi connectivity index (χ2v) is 6.81. The van der Waals surface area contributed by atoms with E-state index < -0.39 is 0 Å². The van der Waals surface area contributed by atoms with Gasteiger partial charge in [0.2, 0.25) is 0 Å². The minimum atomic E-state index is 0.457. The number of benzene rings is 2. The summed E-state index contributed by atoms with van der Waals surface area (Å²) in [7, 11) is 0. The maximum absolute atomic E-state index is 5.41. The molecular formula is C22H30N2O. The van der Waals surface area contributed by atoms with Crippen molar-refractivity contribution >= 4 is 0 Å². The monoisotopic (exact) mass is 338 g/mol. The Bertz CT molecular complexity index is 623. The molecule has 3 nitrogen and oxygen atoms in total. The molecule has 0 radical (unpaired) electrons.